The second kappa shape index (κ2) is 5.98. The number of aromatic amines is 1. The van der Waals surface area contributed by atoms with Crippen LogP contribution in [0.15, 0.2) is 54.6 Å². The molecule has 30 heavy (non-hydrogen) atoms. The van der Waals surface area contributed by atoms with E-state index < -0.39 is 6.04 Å². The lowest BCUT2D eigenvalue weighted by Crippen LogP contribution is -2.62. The van der Waals surface area contributed by atoms with Crippen LogP contribution in [-0.2, 0) is 23.1 Å². The van der Waals surface area contributed by atoms with Gasteiger partial charge in [0.1, 0.15) is 12.1 Å². The van der Waals surface area contributed by atoms with Crippen LogP contribution in [-0.4, -0.2) is 50.8 Å². The van der Waals surface area contributed by atoms with Gasteiger partial charge in [0.15, 0.2) is 0 Å². The van der Waals surface area contributed by atoms with Crippen LogP contribution in [0.5, 0.6) is 0 Å². The van der Waals surface area contributed by atoms with Crippen molar-refractivity contribution in [3.05, 3.63) is 71.5 Å². The van der Waals surface area contributed by atoms with Crippen molar-refractivity contribution in [3.63, 3.8) is 0 Å². The number of piperazine rings is 1. The number of benzene rings is 2. The van der Waals surface area contributed by atoms with Gasteiger partial charge in [-0.25, -0.2) is 0 Å². The van der Waals surface area contributed by atoms with E-state index in [1.54, 1.807) is 11.9 Å². The smallest absolute Gasteiger partial charge is 0.245 e. The van der Waals surface area contributed by atoms with Crippen LogP contribution in [0.3, 0.4) is 0 Å². The Morgan fingerprint density at radius 3 is 2.60 bits per heavy atom. The Hall–Kier alpha value is -3.54. The topological polar surface area (TPSA) is 61.3 Å². The molecule has 2 amide bonds. The van der Waals surface area contributed by atoms with E-state index in [-0.39, 0.29) is 24.4 Å². The molecule has 6 nitrogen and oxygen atoms in total. The molecule has 0 saturated carbocycles. The van der Waals surface area contributed by atoms with Crippen molar-refractivity contribution >= 4 is 33.6 Å². The summed E-state index contributed by atoms with van der Waals surface area (Å²) in [6.45, 7) is 0.116. The number of fused-ring (bicyclic) bond motifs is 5. The van der Waals surface area contributed by atoms with Crippen LogP contribution in [0, 0.1) is 0 Å². The van der Waals surface area contributed by atoms with Gasteiger partial charge >= 0.3 is 0 Å². The fraction of sp³-hybridized carbons (Fsp3) is 0.250. The van der Waals surface area contributed by atoms with Crippen molar-refractivity contribution in [2.45, 2.75) is 18.5 Å². The highest BCUT2D eigenvalue weighted by Crippen LogP contribution is 2.43. The van der Waals surface area contributed by atoms with Crippen molar-refractivity contribution in [3.8, 4) is 0 Å². The summed E-state index contributed by atoms with van der Waals surface area (Å²) in [7, 11) is 3.75. The van der Waals surface area contributed by atoms with Crippen molar-refractivity contribution in [2.24, 2.45) is 7.05 Å². The Balaban J connectivity index is 1.65. The molecule has 0 bridgehead atoms. The third-order valence-corrected chi connectivity index (χ3v) is 6.72. The van der Waals surface area contributed by atoms with E-state index in [1.807, 2.05) is 36.2 Å². The fourth-order valence-electron chi connectivity index (χ4n) is 5.29. The molecule has 4 aromatic rings. The zero-order chi connectivity index (χ0) is 20.6. The first kappa shape index (κ1) is 17.3. The van der Waals surface area contributed by atoms with Gasteiger partial charge in [0.25, 0.3) is 0 Å². The number of amides is 2. The SMILES string of the molecule is CN1CC(=O)N2[C@H](c3cc4ccccc4n3C)c3[nH]c4ccccc4c3C[C@@H]2C1=O. The van der Waals surface area contributed by atoms with E-state index in [2.05, 4.69) is 39.9 Å². The number of nitrogens with zero attached hydrogens (tertiary/aromatic N) is 3. The number of rotatable bonds is 1. The molecule has 150 valence electrons. The summed E-state index contributed by atoms with van der Waals surface area (Å²) in [5.74, 6) is -0.00374. The number of aromatic nitrogens is 2. The summed E-state index contributed by atoms with van der Waals surface area (Å²) in [6, 6.07) is 17.7. The van der Waals surface area contributed by atoms with Crippen molar-refractivity contribution in [1.29, 1.82) is 0 Å². The zero-order valence-electron chi connectivity index (χ0n) is 16.9. The predicted molar refractivity (Wildman–Crippen MR) is 115 cm³/mol. The quantitative estimate of drug-likeness (QED) is 0.536. The summed E-state index contributed by atoms with van der Waals surface area (Å²) in [5.41, 5.74) is 5.32. The van der Waals surface area contributed by atoms with Crippen molar-refractivity contribution in [1.82, 2.24) is 19.4 Å². The third kappa shape index (κ3) is 2.19. The monoisotopic (exact) mass is 398 g/mol. The van der Waals surface area contributed by atoms with Crippen LogP contribution in [0.2, 0.25) is 0 Å². The Morgan fingerprint density at radius 2 is 1.77 bits per heavy atom. The van der Waals surface area contributed by atoms with Crippen molar-refractivity contribution in [2.75, 3.05) is 13.6 Å². The van der Waals surface area contributed by atoms with Gasteiger partial charge in [0, 0.05) is 48.3 Å². The molecule has 0 aliphatic carbocycles. The Morgan fingerprint density at radius 1 is 1.00 bits per heavy atom. The summed E-state index contributed by atoms with van der Waals surface area (Å²) in [6.07, 6.45) is 0.536. The average Bonchev–Trinajstić information content (AvgIpc) is 3.29. The molecule has 0 radical (unpaired) electrons. The van der Waals surface area contributed by atoms with E-state index in [9.17, 15) is 9.59 Å². The largest absolute Gasteiger partial charge is 0.356 e. The van der Waals surface area contributed by atoms with Crippen LogP contribution < -0.4 is 0 Å². The maximum atomic E-state index is 13.2. The number of carbonyl (C=O) groups excluding carboxylic acids is 2. The minimum Gasteiger partial charge on any atom is -0.356 e. The van der Waals surface area contributed by atoms with Gasteiger partial charge in [0.2, 0.25) is 11.8 Å². The molecular weight excluding hydrogens is 376 g/mol. The molecule has 2 aromatic carbocycles. The highest BCUT2D eigenvalue weighted by molar-refractivity contribution is 5.97. The lowest BCUT2D eigenvalue weighted by molar-refractivity contribution is -0.157. The van der Waals surface area contributed by atoms with E-state index in [4.69, 9.17) is 0 Å². The van der Waals surface area contributed by atoms with Gasteiger partial charge in [-0.15, -0.1) is 0 Å². The molecule has 1 N–H and O–H groups in total. The zero-order valence-corrected chi connectivity index (χ0v) is 16.9. The molecule has 4 heterocycles. The second-order valence-corrected chi connectivity index (χ2v) is 8.37. The van der Waals surface area contributed by atoms with E-state index in [0.717, 1.165) is 38.8 Å². The van der Waals surface area contributed by atoms with Crippen LogP contribution in [0.1, 0.15) is 23.0 Å². The summed E-state index contributed by atoms with van der Waals surface area (Å²) in [5, 5.41) is 2.26. The normalized spacial score (nSPS) is 21.4. The van der Waals surface area contributed by atoms with Gasteiger partial charge in [-0.1, -0.05) is 36.4 Å². The summed E-state index contributed by atoms with van der Waals surface area (Å²) in [4.78, 5) is 33.3. The number of carbonyl (C=O) groups is 2. The van der Waals surface area contributed by atoms with Gasteiger partial charge < -0.3 is 19.4 Å². The predicted octanol–water partition coefficient (Wildman–Crippen LogP) is 2.97. The molecule has 2 aliphatic heterocycles. The highest BCUT2D eigenvalue weighted by atomic mass is 16.2. The summed E-state index contributed by atoms with van der Waals surface area (Å²) < 4.78 is 2.15. The molecule has 1 fully saturated rings. The van der Waals surface area contributed by atoms with E-state index >= 15 is 0 Å². The Bertz CT molecular complexity index is 1350. The number of aryl methyl sites for hydroxylation is 1. The third-order valence-electron chi connectivity index (χ3n) is 6.72. The first-order valence-corrected chi connectivity index (χ1v) is 10.2. The number of hydrogen-bond acceptors (Lipinski definition) is 2. The molecule has 1 saturated heterocycles. The number of para-hydroxylation sites is 2. The Kier molecular flexibility index (Phi) is 3.46. The maximum Gasteiger partial charge on any atom is 0.245 e. The molecule has 2 atom stereocenters. The number of nitrogens with one attached hydrogen (secondary N) is 1. The van der Waals surface area contributed by atoms with Gasteiger partial charge in [-0.05, 0) is 29.1 Å². The van der Waals surface area contributed by atoms with Crippen LogP contribution in [0.4, 0.5) is 0 Å². The van der Waals surface area contributed by atoms with E-state index in [1.165, 1.54) is 0 Å². The minimum absolute atomic E-state index is 0.00861. The number of H-pyrrole nitrogens is 1. The molecule has 2 aliphatic rings. The Labute approximate surface area is 173 Å². The molecule has 0 spiro atoms. The minimum atomic E-state index is -0.481. The molecule has 2 aromatic heterocycles. The second-order valence-electron chi connectivity index (χ2n) is 8.37. The first-order valence-electron chi connectivity index (χ1n) is 10.2. The number of likely N-dealkylation sites (N-methyl/N-ethyl adjacent to an activating group) is 1. The van der Waals surface area contributed by atoms with Gasteiger partial charge in [-0.2, -0.15) is 0 Å². The lowest BCUT2D eigenvalue weighted by atomic mass is 9.88. The molecule has 6 rings (SSSR count). The standard InChI is InChI=1S/C24H22N4O2/c1-26-13-21(29)28-20(24(26)30)12-16-15-8-4-5-9-17(15)25-22(16)23(28)19-11-14-7-3-6-10-18(14)27(19)2/h3-11,20,23,25H,12-13H2,1-2H3/t20-,23-/m1/s1. The van der Waals surface area contributed by atoms with Gasteiger partial charge in [-0.3, -0.25) is 9.59 Å². The average molecular weight is 398 g/mol. The summed E-state index contributed by atoms with van der Waals surface area (Å²) >= 11 is 0. The highest BCUT2D eigenvalue weighted by Gasteiger charge is 2.48. The van der Waals surface area contributed by atoms with Gasteiger partial charge in [0.05, 0.1) is 6.54 Å². The molecule has 6 heteroatoms. The van der Waals surface area contributed by atoms with Crippen LogP contribution >= 0.6 is 0 Å². The molecule has 0 unspecified atom stereocenters. The van der Waals surface area contributed by atoms with Crippen molar-refractivity contribution < 1.29 is 9.59 Å². The van der Waals surface area contributed by atoms with Crippen LogP contribution in [0.25, 0.3) is 21.8 Å². The lowest BCUT2D eigenvalue weighted by Gasteiger charge is -2.46. The van der Waals surface area contributed by atoms with E-state index in [0.29, 0.717) is 6.42 Å². The first-order chi connectivity index (χ1) is 14.5. The fourth-order valence-corrected chi connectivity index (χ4v) is 5.29. The molecular formula is C24H22N4O2. The number of hydrogen-bond donors (Lipinski definition) is 1. The maximum absolute atomic E-state index is 13.2.